The molecule has 1 saturated heterocycles. The van der Waals surface area contributed by atoms with Gasteiger partial charge in [0, 0.05) is 0 Å². The molecule has 0 saturated carbocycles. The molecule has 1 aliphatic rings. The normalized spacial score (nSPS) is 27.8. The van der Waals surface area contributed by atoms with Crippen molar-refractivity contribution in [2.75, 3.05) is 0 Å². The summed E-state index contributed by atoms with van der Waals surface area (Å²) < 4.78 is 5.55. The number of aliphatic hydroxyl groups is 1. The van der Waals surface area contributed by atoms with Crippen molar-refractivity contribution in [1.29, 1.82) is 0 Å². The van der Waals surface area contributed by atoms with Crippen molar-refractivity contribution < 1.29 is 9.84 Å². The minimum Gasteiger partial charge on any atom is -0.390 e. The van der Waals surface area contributed by atoms with E-state index in [0.29, 0.717) is 0 Å². The van der Waals surface area contributed by atoms with Gasteiger partial charge in [-0.2, -0.15) is 0 Å². The van der Waals surface area contributed by atoms with Gasteiger partial charge in [0.1, 0.15) is 6.10 Å². The topological polar surface area (TPSA) is 32.8 Å². The van der Waals surface area contributed by atoms with E-state index in [-0.39, 0.29) is 23.7 Å². The molecule has 1 N–H and O–H groups in total. The van der Waals surface area contributed by atoms with Crippen LogP contribution in [0.2, 0.25) is 0 Å². The van der Waals surface area contributed by atoms with Gasteiger partial charge in [0.15, 0.2) is 0 Å². The van der Waals surface area contributed by atoms with Gasteiger partial charge in [0.2, 0.25) is 0 Å². The lowest BCUT2D eigenvalue weighted by molar-refractivity contribution is 0.123. The van der Waals surface area contributed by atoms with E-state index in [9.17, 15) is 5.11 Å². The van der Waals surface area contributed by atoms with Crippen LogP contribution in [0.4, 0.5) is 0 Å². The first-order valence-corrected chi connectivity index (χ1v) is 6.30. The molecule has 1 rings (SSSR count). The van der Waals surface area contributed by atoms with Gasteiger partial charge in [0.05, 0.1) is 12.2 Å². The van der Waals surface area contributed by atoms with E-state index >= 15 is 0 Å². The fraction of sp³-hybridized carbons (Fsp3) is 1.00. The third-order valence-electron chi connectivity index (χ3n) is 3.11. The first kappa shape index (κ1) is 13.0. The number of hydrogen-bond donors (Lipinski definition) is 1. The highest BCUT2D eigenvalue weighted by atomic mass is 16.6. The van der Waals surface area contributed by atoms with Gasteiger partial charge in [-0.3, -0.25) is 0 Å². The van der Waals surface area contributed by atoms with Gasteiger partial charge in [-0.15, -0.1) is 0 Å². The zero-order chi connectivity index (χ0) is 11.5. The van der Waals surface area contributed by atoms with Crippen molar-refractivity contribution in [2.45, 2.75) is 78.1 Å². The van der Waals surface area contributed by atoms with E-state index < -0.39 is 0 Å². The van der Waals surface area contributed by atoms with E-state index in [1.165, 1.54) is 19.3 Å². The smallest absolute Gasteiger partial charge is 0.110 e. The molecule has 0 bridgehead atoms. The molecule has 90 valence electrons. The van der Waals surface area contributed by atoms with Gasteiger partial charge < -0.3 is 9.84 Å². The Morgan fingerprint density at radius 1 is 1.20 bits per heavy atom. The van der Waals surface area contributed by atoms with Crippen molar-refractivity contribution in [3.8, 4) is 0 Å². The third kappa shape index (κ3) is 4.12. The summed E-state index contributed by atoms with van der Waals surface area (Å²) in [7, 11) is 0. The number of epoxide rings is 1. The summed E-state index contributed by atoms with van der Waals surface area (Å²) >= 11 is 0. The summed E-state index contributed by atoms with van der Waals surface area (Å²) in [5, 5.41) is 9.90. The van der Waals surface area contributed by atoms with Crippen LogP contribution in [0, 0.1) is 5.41 Å². The zero-order valence-corrected chi connectivity index (χ0v) is 10.6. The molecular formula is C13H26O2. The van der Waals surface area contributed by atoms with Gasteiger partial charge in [0.25, 0.3) is 0 Å². The van der Waals surface area contributed by atoms with Crippen molar-refractivity contribution in [3.05, 3.63) is 0 Å². The number of rotatable bonds is 6. The second-order valence-electron chi connectivity index (χ2n) is 5.80. The van der Waals surface area contributed by atoms with Crippen LogP contribution in [-0.4, -0.2) is 23.4 Å². The maximum absolute atomic E-state index is 9.90. The largest absolute Gasteiger partial charge is 0.390 e. The van der Waals surface area contributed by atoms with E-state index in [4.69, 9.17) is 4.74 Å². The van der Waals surface area contributed by atoms with Crippen LogP contribution in [0.15, 0.2) is 0 Å². The summed E-state index contributed by atoms with van der Waals surface area (Å²) in [4.78, 5) is 0. The number of aliphatic hydroxyl groups excluding tert-OH is 1. The molecule has 0 spiro atoms. The SMILES string of the molecule is CCCCCCC(O)C1OC1C(C)(C)C. The fourth-order valence-corrected chi connectivity index (χ4v) is 2.06. The van der Waals surface area contributed by atoms with Crippen molar-refractivity contribution in [1.82, 2.24) is 0 Å². The van der Waals surface area contributed by atoms with Crippen LogP contribution in [0.25, 0.3) is 0 Å². The molecule has 0 aliphatic carbocycles. The monoisotopic (exact) mass is 214 g/mol. The molecule has 1 fully saturated rings. The van der Waals surface area contributed by atoms with Gasteiger partial charge in [-0.25, -0.2) is 0 Å². The Labute approximate surface area is 94.0 Å². The third-order valence-corrected chi connectivity index (χ3v) is 3.11. The molecule has 0 aromatic rings. The first-order valence-electron chi connectivity index (χ1n) is 6.30. The Bertz CT molecular complexity index is 183. The highest BCUT2D eigenvalue weighted by Crippen LogP contribution is 2.40. The summed E-state index contributed by atoms with van der Waals surface area (Å²) in [5.41, 5.74) is 0.176. The molecule has 15 heavy (non-hydrogen) atoms. The Kier molecular flexibility index (Phi) is 4.60. The molecule has 0 radical (unpaired) electrons. The van der Waals surface area contributed by atoms with Crippen LogP contribution in [-0.2, 0) is 4.74 Å². The van der Waals surface area contributed by atoms with Crippen molar-refractivity contribution >= 4 is 0 Å². The number of unbranched alkanes of at least 4 members (excludes halogenated alkanes) is 3. The zero-order valence-electron chi connectivity index (χ0n) is 10.6. The van der Waals surface area contributed by atoms with Crippen LogP contribution in [0.3, 0.4) is 0 Å². The van der Waals surface area contributed by atoms with Crippen LogP contribution in [0.5, 0.6) is 0 Å². The molecule has 0 aromatic heterocycles. The van der Waals surface area contributed by atoms with E-state index in [1.807, 2.05) is 0 Å². The lowest BCUT2D eigenvalue weighted by atomic mass is 9.88. The van der Waals surface area contributed by atoms with Gasteiger partial charge >= 0.3 is 0 Å². The highest BCUT2D eigenvalue weighted by Gasteiger charge is 2.50. The molecule has 3 unspecified atom stereocenters. The predicted molar refractivity (Wildman–Crippen MR) is 62.9 cm³/mol. The average molecular weight is 214 g/mol. The number of hydrogen-bond acceptors (Lipinski definition) is 2. The second-order valence-corrected chi connectivity index (χ2v) is 5.80. The van der Waals surface area contributed by atoms with Crippen molar-refractivity contribution in [2.24, 2.45) is 5.41 Å². The molecule has 3 atom stereocenters. The second kappa shape index (κ2) is 5.31. The van der Waals surface area contributed by atoms with Crippen LogP contribution >= 0.6 is 0 Å². The standard InChI is InChI=1S/C13H26O2/c1-5-6-7-8-9-10(14)11-12(15-11)13(2,3)4/h10-12,14H,5-9H2,1-4H3. The molecule has 2 heteroatoms. The maximum Gasteiger partial charge on any atom is 0.110 e. The molecular weight excluding hydrogens is 188 g/mol. The summed E-state index contributed by atoms with van der Waals surface area (Å²) in [6.45, 7) is 8.71. The minimum absolute atomic E-state index is 0.103. The Morgan fingerprint density at radius 2 is 1.87 bits per heavy atom. The lowest BCUT2D eigenvalue weighted by Crippen LogP contribution is -2.23. The van der Waals surface area contributed by atoms with Crippen molar-refractivity contribution in [3.63, 3.8) is 0 Å². The van der Waals surface area contributed by atoms with E-state index in [0.717, 1.165) is 12.8 Å². The first-order chi connectivity index (χ1) is 6.96. The Morgan fingerprint density at radius 3 is 2.33 bits per heavy atom. The van der Waals surface area contributed by atoms with Gasteiger partial charge in [-0.05, 0) is 11.8 Å². The average Bonchev–Trinajstić information content (AvgIpc) is 2.90. The maximum atomic E-state index is 9.90. The highest BCUT2D eigenvalue weighted by molar-refractivity contribution is 4.97. The summed E-state index contributed by atoms with van der Waals surface area (Å²) in [6, 6.07) is 0. The van der Waals surface area contributed by atoms with E-state index in [2.05, 4.69) is 27.7 Å². The molecule has 0 amide bonds. The van der Waals surface area contributed by atoms with Crippen LogP contribution in [0.1, 0.15) is 59.8 Å². The Balaban J connectivity index is 2.12. The molecule has 2 nitrogen and oxygen atoms in total. The fourth-order valence-electron chi connectivity index (χ4n) is 2.06. The summed E-state index contributed by atoms with van der Waals surface area (Å²) in [6.07, 6.45) is 5.92. The molecule has 0 aromatic carbocycles. The van der Waals surface area contributed by atoms with E-state index in [1.54, 1.807) is 0 Å². The molecule has 1 aliphatic heterocycles. The molecule has 1 heterocycles. The minimum atomic E-state index is -0.244. The predicted octanol–water partition coefficient (Wildman–Crippen LogP) is 3.13. The lowest BCUT2D eigenvalue weighted by Gasteiger charge is -2.15. The van der Waals surface area contributed by atoms with Gasteiger partial charge in [-0.1, -0.05) is 53.4 Å². The quantitative estimate of drug-likeness (QED) is 0.544. The Hall–Kier alpha value is -0.0800. The number of ether oxygens (including phenoxy) is 1. The van der Waals surface area contributed by atoms with Crippen LogP contribution < -0.4 is 0 Å². The summed E-state index contributed by atoms with van der Waals surface area (Å²) in [5.74, 6) is 0.